The standard InChI is InChI=1S/C16H22N4O2S/c1-12-9-10-17-20(12)15-8-6-5-7-14(15)18-16(21)19(3)13(2)11-23(4)22/h5-10,13H,11H2,1-4H3,(H,18,21)/t13-,23+/m0/s1. The number of carbonyl (C=O) groups excluding carboxylic acids is 1. The Morgan fingerprint density at radius 2 is 2.09 bits per heavy atom. The van der Waals surface area contributed by atoms with Crippen LogP contribution in [0.1, 0.15) is 12.6 Å². The van der Waals surface area contributed by atoms with Crippen LogP contribution in [0.2, 0.25) is 0 Å². The largest absolute Gasteiger partial charge is 0.324 e. The smallest absolute Gasteiger partial charge is 0.321 e. The second-order valence-corrected chi connectivity index (χ2v) is 7.01. The van der Waals surface area contributed by atoms with Crippen LogP contribution < -0.4 is 5.32 Å². The molecule has 2 atom stereocenters. The van der Waals surface area contributed by atoms with Crippen LogP contribution in [0.5, 0.6) is 0 Å². The van der Waals surface area contributed by atoms with E-state index in [0.29, 0.717) is 11.4 Å². The van der Waals surface area contributed by atoms with E-state index in [9.17, 15) is 9.00 Å². The highest BCUT2D eigenvalue weighted by Gasteiger charge is 2.18. The molecule has 0 spiro atoms. The van der Waals surface area contributed by atoms with Crippen molar-refractivity contribution in [2.24, 2.45) is 0 Å². The number of rotatable bonds is 5. The van der Waals surface area contributed by atoms with E-state index >= 15 is 0 Å². The number of amides is 2. The Bertz CT molecular complexity index is 714. The number of anilines is 1. The topological polar surface area (TPSA) is 67.2 Å². The molecule has 0 saturated carbocycles. The van der Waals surface area contributed by atoms with Gasteiger partial charge in [-0.15, -0.1) is 0 Å². The fourth-order valence-corrected chi connectivity index (χ4v) is 3.14. The molecule has 124 valence electrons. The summed E-state index contributed by atoms with van der Waals surface area (Å²) in [5.41, 5.74) is 2.47. The van der Waals surface area contributed by atoms with Crippen molar-refractivity contribution in [3.8, 4) is 5.69 Å². The normalized spacial score (nSPS) is 13.4. The summed E-state index contributed by atoms with van der Waals surface area (Å²) in [5, 5.41) is 7.19. The fraction of sp³-hybridized carbons (Fsp3) is 0.375. The Labute approximate surface area is 138 Å². The second-order valence-electron chi connectivity index (χ2n) is 5.53. The van der Waals surface area contributed by atoms with E-state index in [-0.39, 0.29) is 12.1 Å². The van der Waals surface area contributed by atoms with Crippen molar-refractivity contribution in [2.45, 2.75) is 19.9 Å². The molecule has 1 aromatic carbocycles. The van der Waals surface area contributed by atoms with Gasteiger partial charge in [0.05, 0.1) is 11.4 Å². The van der Waals surface area contributed by atoms with Gasteiger partial charge in [-0.25, -0.2) is 9.48 Å². The highest BCUT2D eigenvalue weighted by Crippen LogP contribution is 2.21. The summed E-state index contributed by atoms with van der Waals surface area (Å²) in [6.07, 6.45) is 3.36. The van der Waals surface area contributed by atoms with E-state index in [1.807, 2.05) is 44.2 Å². The Kier molecular flexibility index (Phi) is 5.54. The van der Waals surface area contributed by atoms with Gasteiger partial charge in [-0.05, 0) is 32.0 Å². The Balaban J connectivity index is 2.19. The molecule has 0 unspecified atom stereocenters. The van der Waals surface area contributed by atoms with Crippen molar-refractivity contribution < 1.29 is 9.00 Å². The van der Waals surface area contributed by atoms with Gasteiger partial charge >= 0.3 is 6.03 Å². The summed E-state index contributed by atoms with van der Waals surface area (Å²) in [7, 11) is 0.756. The number of nitrogens with one attached hydrogen (secondary N) is 1. The first-order valence-electron chi connectivity index (χ1n) is 7.34. The van der Waals surface area contributed by atoms with Gasteiger partial charge in [0.25, 0.3) is 0 Å². The highest BCUT2D eigenvalue weighted by atomic mass is 32.2. The predicted molar refractivity (Wildman–Crippen MR) is 93.5 cm³/mol. The first-order valence-corrected chi connectivity index (χ1v) is 9.06. The minimum Gasteiger partial charge on any atom is -0.324 e. The van der Waals surface area contributed by atoms with Crippen LogP contribution in [-0.2, 0) is 10.8 Å². The number of hydrogen-bond acceptors (Lipinski definition) is 3. The number of aromatic nitrogens is 2. The molecule has 7 heteroatoms. The van der Waals surface area contributed by atoms with Crippen molar-refractivity contribution >= 4 is 22.5 Å². The zero-order valence-corrected chi connectivity index (χ0v) is 14.6. The molecule has 0 fully saturated rings. The van der Waals surface area contributed by atoms with Crippen LogP contribution in [0.4, 0.5) is 10.5 Å². The molecule has 1 N–H and O–H groups in total. The van der Waals surface area contributed by atoms with Crippen LogP contribution in [0.15, 0.2) is 36.5 Å². The monoisotopic (exact) mass is 334 g/mol. The number of hydrogen-bond donors (Lipinski definition) is 1. The molecule has 23 heavy (non-hydrogen) atoms. The van der Waals surface area contributed by atoms with E-state index in [4.69, 9.17) is 0 Å². The van der Waals surface area contributed by atoms with E-state index < -0.39 is 10.8 Å². The van der Waals surface area contributed by atoms with Crippen molar-refractivity contribution in [1.29, 1.82) is 0 Å². The zero-order chi connectivity index (χ0) is 17.0. The second kappa shape index (κ2) is 7.41. The molecule has 0 aliphatic heterocycles. The molecule has 1 heterocycles. The lowest BCUT2D eigenvalue weighted by molar-refractivity contribution is 0.212. The van der Waals surface area contributed by atoms with Crippen LogP contribution in [0, 0.1) is 6.92 Å². The molecule has 1 aromatic heterocycles. The number of benzene rings is 1. The summed E-state index contributed by atoms with van der Waals surface area (Å²) < 4.78 is 13.1. The average Bonchev–Trinajstić information content (AvgIpc) is 2.92. The Hall–Kier alpha value is -2.15. The van der Waals surface area contributed by atoms with Crippen LogP contribution in [-0.4, -0.2) is 50.0 Å². The highest BCUT2D eigenvalue weighted by molar-refractivity contribution is 7.84. The first-order chi connectivity index (χ1) is 10.9. The quantitative estimate of drug-likeness (QED) is 0.913. The minimum absolute atomic E-state index is 0.112. The summed E-state index contributed by atoms with van der Waals surface area (Å²) in [5.74, 6) is 0.448. The van der Waals surface area contributed by atoms with E-state index in [2.05, 4.69) is 10.4 Å². The first kappa shape index (κ1) is 17.2. The third kappa shape index (κ3) is 4.19. The van der Waals surface area contributed by atoms with Crippen molar-refractivity contribution in [3.63, 3.8) is 0 Å². The lowest BCUT2D eigenvalue weighted by Crippen LogP contribution is -2.41. The Morgan fingerprint density at radius 1 is 1.39 bits per heavy atom. The summed E-state index contributed by atoms with van der Waals surface area (Å²) in [6.45, 7) is 3.83. The summed E-state index contributed by atoms with van der Waals surface area (Å²) in [4.78, 5) is 14.0. The van der Waals surface area contributed by atoms with Crippen molar-refractivity contribution in [3.05, 3.63) is 42.2 Å². The molecule has 2 aromatic rings. The molecule has 0 aliphatic rings. The molecular weight excluding hydrogens is 312 g/mol. The number of aryl methyl sites for hydroxylation is 1. The minimum atomic E-state index is -0.947. The van der Waals surface area contributed by atoms with Gasteiger partial charge in [0.15, 0.2) is 0 Å². The molecule has 0 aliphatic carbocycles. The maximum atomic E-state index is 12.4. The summed E-state index contributed by atoms with van der Waals surface area (Å²) >= 11 is 0. The van der Waals surface area contributed by atoms with E-state index in [0.717, 1.165) is 11.4 Å². The number of nitrogens with zero attached hydrogens (tertiary/aromatic N) is 3. The van der Waals surface area contributed by atoms with Gasteiger partial charge in [0.1, 0.15) is 0 Å². The third-order valence-corrected chi connectivity index (χ3v) is 4.62. The number of carbonyl (C=O) groups is 1. The van der Waals surface area contributed by atoms with Gasteiger partial charge in [-0.2, -0.15) is 5.10 Å². The van der Waals surface area contributed by atoms with Gasteiger partial charge in [-0.1, -0.05) is 12.1 Å². The fourth-order valence-electron chi connectivity index (χ4n) is 2.24. The SMILES string of the molecule is Cc1ccnn1-c1ccccc1NC(=O)N(C)[C@@H](C)C[S@@](C)=O. The third-order valence-electron chi connectivity index (χ3n) is 3.66. The van der Waals surface area contributed by atoms with Crippen LogP contribution in [0.25, 0.3) is 5.69 Å². The maximum Gasteiger partial charge on any atom is 0.321 e. The molecule has 0 radical (unpaired) electrons. The van der Waals surface area contributed by atoms with Crippen LogP contribution >= 0.6 is 0 Å². The average molecular weight is 334 g/mol. The Morgan fingerprint density at radius 3 is 2.70 bits per heavy atom. The van der Waals surface area contributed by atoms with Crippen molar-refractivity contribution in [1.82, 2.24) is 14.7 Å². The van der Waals surface area contributed by atoms with Crippen molar-refractivity contribution in [2.75, 3.05) is 24.4 Å². The van der Waals surface area contributed by atoms with Gasteiger partial charge in [0.2, 0.25) is 0 Å². The molecule has 2 rings (SSSR count). The lowest BCUT2D eigenvalue weighted by Gasteiger charge is -2.25. The van der Waals surface area contributed by atoms with Crippen LogP contribution in [0.3, 0.4) is 0 Å². The molecule has 0 bridgehead atoms. The lowest BCUT2D eigenvalue weighted by atomic mass is 10.2. The molecule has 2 amide bonds. The van der Waals surface area contributed by atoms with Gasteiger partial charge in [-0.3, -0.25) is 4.21 Å². The predicted octanol–water partition coefficient (Wildman–Crippen LogP) is 2.41. The van der Waals surface area contributed by atoms with Gasteiger partial charge in [0, 0.05) is 47.8 Å². The van der Waals surface area contributed by atoms with Gasteiger partial charge < -0.3 is 10.2 Å². The number of para-hydroxylation sites is 2. The maximum absolute atomic E-state index is 12.4. The molecule has 0 saturated heterocycles. The van der Waals surface area contributed by atoms with E-state index in [1.165, 1.54) is 0 Å². The number of urea groups is 1. The summed E-state index contributed by atoms with van der Waals surface area (Å²) in [6, 6.07) is 9.06. The molecule has 6 nitrogen and oxygen atoms in total. The molecular formula is C16H22N4O2S. The van der Waals surface area contributed by atoms with E-state index in [1.54, 1.807) is 29.1 Å². The zero-order valence-electron chi connectivity index (χ0n) is 13.8.